The van der Waals surface area contributed by atoms with E-state index in [0.717, 1.165) is 49.3 Å². The quantitative estimate of drug-likeness (QED) is 0.463. The molecule has 1 aromatic heterocycles. The smallest absolute Gasteiger partial charge is 0.190 e. The van der Waals surface area contributed by atoms with Gasteiger partial charge in [-0.25, -0.2) is 4.98 Å². The summed E-state index contributed by atoms with van der Waals surface area (Å²) in [6, 6.07) is 8.36. The Morgan fingerprint density at radius 1 is 1.28 bits per heavy atom. The third-order valence-electron chi connectivity index (χ3n) is 5.86. The van der Waals surface area contributed by atoms with E-state index in [1.165, 1.54) is 31.2 Å². The molecule has 2 aliphatic rings. The van der Waals surface area contributed by atoms with Gasteiger partial charge in [-0.05, 0) is 62.5 Å². The number of fused-ring (bicyclic) bond motifs is 1. The Morgan fingerprint density at radius 3 is 2.80 bits per heavy atom. The number of para-hydroxylation sites is 2. The number of nitrogens with one attached hydrogen (secondary N) is 2. The summed E-state index contributed by atoms with van der Waals surface area (Å²) in [5, 5.41) is 7.01. The molecular formula is C20H29N5. The number of guanidine groups is 1. The molecule has 2 aliphatic carbocycles. The summed E-state index contributed by atoms with van der Waals surface area (Å²) in [6.07, 6.45) is 6.72. The summed E-state index contributed by atoms with van der Waals surface area (Å²) < 4.78 is 2.31. The Kier molecular flexibility index (Phi) is 4.40. The monoisotopic (exact) mass is 339 g/mol. The Bertz CT molecular complexity index is 767. The molecule has 2 fully saturated rings. The van der Waals surface area contributed by atoms with Crippen LogP contribution in [-0.4, -0.2) is 35.6 Å². The molecule has 0 saturated heterocycles. The first-order chi connectivity index (χ1) is 12.2. The number of aliphatic imine (C=N–C) groups is 1. The van der Waals surface area contributed by atoms with Crippen LogP contribution in [0.2, 0.25) is 0 Å². The van der Waals surface area contributed by atoms with Gasteiger partial charge in [0, 0.05) is 26.7 Å². The van der Waals surface area contributed by atoms with Crippen LogP contribution in [0.25, 0.3) is 11.0 Å². The predicted molar refractivity (Wildman–Crippen MR) is 103 cm³/mol. The van der Waals surface area contributed by atoms with Crippen molar-refractivity contribution in [2.45, 2.75) is 45.6 Å². The van der Waals surface area contributed by atoms with Crippen LogP contribution in [0.3, 0.4) is 0 Å². The predicted octanol–water partition coefficient (Wildman–Crippen LogP) is 3.09. The largest absolute Gasteiger partial charge is 0.356 e. The number of aryl methyl sites for hydroxylation is 2. The number of hydrogen-bond donors (Lipinski definition) is 2. The summed E-state index contributed by atoms with van der Waals surface area (Å²) >= 11 is 0. The van der Waals surface area contributed by atoms with Crippen LogP contribution in [0.15, 0.2) is 29.3 Å². The van der Waals surface area contributed by atoms with Crippen LogP contribution in [0.1, 0.15) is 37.9 Å². The van der Waals surface area contributed by atoms with E-state index < -0.39 is 0 Å². The van der Waals surface area contributed by atoms with Crippen molar-refractivity contribution in [3.63, 3.8) is 0 Å². The van der Waals surface area contributed by atoms with E-state index in [4.69, 9.17) is 0 Å². The normalized spacial score (nSPS) is 19.2. The van der Waals surface area contributed by atoms with Crippen LogP contribution in [0, 0.1) is 18.3 Å². The van der Waals surface area contributed by atoms with E-state index in [-0.39, 0.29) is 0 Å². The molecule has 0 unspecified atom stereocenters. The summed E-state index contributed by atoms with van der Waals surface area (Å²) in [5.74, 6) is 3.01. The average molecular weight is 339 g/mol. The molecule has 0 atom stereocenters. The van der Waals surface area contributed by atoms with Gasteiger partial charge in [0.1, 0.15) is 5.82 Å². The first kappa shape index (κ1) is 16.4. The van der Waals surface area contributed by atoms with Gasteiger partial charge in [0.2, 0.25) is 0 Å². The first-order valence-electron chi connectivity index (χ1n) is 9.58. The molecule has 1 heterocycles. The summed E-state index contributed by atoms with van der Waals surface area (Å²) in [7, 11) is 1.86. The molecule has 0 radical (unpaired) electrons. The van der Waals surface area contributed by atoms with Gasteiger partial charge in [0.05, 0.1) is 11.0 Å². The molecule has 2 N–H and O–H groups in total. The van der Waals surface area contributed by atoms with Gasteiger partial charge < -0.3 is 15.2 Å². The fourth-order valence-corrected chi connectivity index (χ4v) is 3.99. The molecule has 0 aliphatic heterocycles. The highest BCUT2D eigenvalue weighted by Gasteiger charge is 2.53. The molecule has 25 heavy (non-hydrogen) atoms. The van der Waals surface area contributed by atoms with Crippen molar-refractivity contribution >= 4 is 17.0 Å². The Balaban J connectivity index is 1.24. The van der Waals surface area contributed by atoms with Crippen LogP contribution >= 0.6 is 0 Å². The SMILES string of the molecule is CN=C(NCCCn1c(C)nc2ccccc21)NCC1(C2CC2)CC1. The molecule has 0 spiro atoms. The highest BCUT2D eigenvalue weighted by Crippen LogP contribution is 2.60. The maximum atomic E-state index is 4.64. The maximum absolute atomic E-state index is 4.64. The van der Waals surface area contributed by atoms with Gasteiger partial charge in [-0.15, -0.1) is 0 Å². The lowest BCUT2D eigenvalue weighted by atomic mass is 10.0. The van der Waals surface area contributed by atoms with Gasteiger partial charge in [-0.3, -0.25) is 4.99 Å². The maximum Gasteiger partial charge on any atom is 0.190 e. The highest BCUT2D eigenvalue weighted by molar-refractivity contribution is 5.79. The summed E-state index contributed by atoms with van der Waals surface area (Å²) in [5.41, 5.74) is 2.91. The van der Waals surface area contributed by atoms with E-state index in [0.29, 0.717) is 5.41 Å². The zero-order valence-corrected chi connectivity index (χ0v) is 15.4. The van der Waals surface area contributed by atoms with Crippen LogP contribution in [0.4, 0.5) is 0 Å². The van der Waals surface area contributed by atoms with Crippen molar-refractivity contribution in [2.75, 3.05) is 20.1 Å². The Hall–Kier alpha value is -2.04. The van der Waals surface area contributed by atoms with E-state index >= 15 is 0 Å². The van der Waals surface area contributed by atoms with E-state index in [1.807, 2.05) is 13.1 Å². The molecule has 1 aromatic carbocycles. The first-order valence-corrected chi connectivity index (χ1v) is 9.58. The molecule has 2 aromatic rings. The number of rotatable bonds is 7. The van der Waals surface area contributed by atoms with Crippen molar-refractivity contribution in [2.24, 2.45) is 16.3 Å². The van der Waals surface area contributed by atoms with Gasteiger partial charge in [-0.1, -0.05) is 12.1 Å². The van der Waals surface area contributed by atoms with Gasteiger partial charge in [0.15, 0.2) is 5.96 Å². The van der Waals surface area contributed by atoms with Crippen molar-refractivity contribution in [1.82, 2.24) is 20.2 Å². The molecule has 5 heteroatoms. The zero-order valence-electron chi connectivity index (χ0n) is 15.4. The molecule has 4 rings (SSSR count). The van der Waals surface area contributed by atoms with Gasteiger partial charge >= 0.3 is 0 Å². The van der Waals surface area contributed by atoms with Gasteiger partial charge in [0.25, 0.3) is 0 Å². The molecule has 0 amide bonds. The summed E-state index contributed by atoms with van der Waals surface area (Å²) in [4.78, 5) is 9.01. The second-order valence-corrected chi connectivity index (χ2v) is 7.64. The lowest BCUT2D eigenvalue weighted by Crippen LogP contribution is -2.41. The Morgan fingerprint density at radius 2 is 2.08 bits per heavy atom. The number of nitrogens with zero attached hydrogens (tertiary/aromatic N) is 3. The number of imidazole rings is 1. The fraction of sp³-hybridized carbons (Fsp3) is 0.600. The van der Waals surface area contributed by atoms with Crippen LogP contribution in [-0.2, 0) is 6.54 Å². The average Bonchev–Trinajstić information content (AvgIpc) is 3.52. The van der Waals surface area contributed by atoms with E-state index in [1.54, 1.807) is 0 Å². The standard InChI is InChI=1S/C20H29N5/c1-15-24-17-6-3-4-7-18(17)25(15)13-5-12-22-19(21-2)23-14-20(10-11-20)16-8-9-16/h3-4,6-7,16H,5,8-14H2,1-2H3,(H2,21,22,23). The number of hydrogen-bond acceptors (Lipinski definition) is 2. The minimum absolute atomic E-state index is 0.602. The highest BCUT2D eigenvalue weighted by atomic mass is 15.2. The molecule has 5 nitrogen and oxygen atoms in total. The van der Waals surface area contributed by atoms with Crippen molar-refractivity contribution in [3.8, 4) is 0 Å². The fourth-order valence-electron chi connectivity index (χ4n) is 3.99. The third kappa shape index (κ3) is 3.51. The molecule has 2 saturated carbocycles. The lowest BCUT2D eigenvalue weighted by molar-refractivity contribution is 0.431. The van der Waals surface area contributed by atoms with Crippen LogP contribution in [0.5, 0.6) is 0 Å². The van der Waals surface area contributed by atoms with Crippen molar-refractivity contribution in [1.29, 1.82) is 0 Å². The van der Waals surface area contributed by atoms with E-state index in [2.05, 4.69) is 50.3 Å². The third-order valence-corrected chi connectivity index (χ3v) is 5.86. The van der Waals surface area contributed by atoms with E-state index in [9.17, 15) is 0 Å². The second-order valence-electron chi connectivity index (χ2n) is 7.64. The Labute approximate surface area is 149 Å². The van der Waals surface area contributed by atoms with Crippen molar-refractivity contribution < 1.29 is 0 Å². The second kappa shape index (κ2) is 6.70. The minimum atomic E-state index is 0.602. The lowest BCUT2D eigenvalue weighted by Gasteiger charge is -2.18. The summed E-state index contributed by atoms with van der Waals surface area (Å²) in [6.45, 7) is 5.06. The number of benzene rings is 1. The number of aromatic nitrogens is 2. The molecule has 134 valence electrons. The topological polar surface area (TPSA) is 54.2 Å². The zero-order chi connectivity index (χ0) is 17.3. The van der Waals surface area contributed by atoms with Crippen LogP contribution < -0.4 is 10.6 Å². The molecular weight excluding hydrogens is 310 g/mol. The molecule has 0 bridgehead atoms. The minimum Gasteiger partial charge on any atom is -0.356 e. The van der Waals surface area contributed by atoms with Gasteiger partial charge in [-0.2, -0.15) is 0 Å². The van der Waals surface area contributed by atoms with Crippen molar-refractivity contribution in [3.05, 3.63) is 30.1 Å².